The van der Waals surface area contributed by atoms with Crippen LogP contribution in [0, 0.1) is 0 Å². The zero-order valence-corrected chi connectivity index (χ0v) is 9.89. The molecule has 0 spiro atoms. The maximum Gasteiger partial charge on any atom is 0.236 e. The minimum absolute atomic E-state index is 0.0624. The average molecular weight is 200 g/mol. The molecule has 0 aliphatic carbocycles. The first-order valence-corrected chi connectivity index (χ1v) is 5.59. The largest absolute Gasteiger partial charge is 0.358 e. The van der Waals surface area contributed by atoms with Gasteiger partial charge in [0.2, 0.25) is 5.91 Å². The highest BCUT2D eigenvalue weighted by atomic mass is 16.2. The summed E-state index contributed by atoms with van der Waals surface area (Å²) in [6, 6.07) is 0.338. The lowest BCUT2D eigenvalue weighted by atomic mass is 10.1. The number of carbonyl (C=O) groups excluding carboxylic acids is 1. The van der Waals surface area contributed by atoms with Gasteiger partial charge in [0, 0.05) is 13.1 Å². The molecule has 0 saturated heterocycles. The Bertz CT molecular complexity index is 159. The fraction of sp³-hybridized carbons (Fsp3) is 0.909. The van der Waals surface area contributed by atoms with Crippen LogP contribution in [0.25, 0.3) is 0 Å². The standard InChI is InChI=1S/C11H24N2O/c1-5-6-7-8-9(2)13-10(3)11(14)12-4/h9-10,13H,5-8H2,1-4H3,(H,12,14). The summed E-state index contributed by atoms with van der Waals surface area (Å²) in [6.45, 7) is 6.23. The molecule has 0 aliphatic rings. The molecule has 0 rings (SSSR count). The molecule has 0 fully saturated rings. The number of hydrogen-bond acceptors (Lipinski definition) is 2. The Morgan fingerprint density at radius 2 is 1.93 bits per heavy atom. The monoisotopic (exact) mass is 200 g/mol. The number of nitrogens with one attached hydrogen (secondary N) is 2. The minimum atomic E-state index is -0.0865. The topological polar surface area (TPSA) is 41.1 Å². The zero-order chi connectivity index (χ0) is 11.0. The van der Waals surface area contributed by atoms with Crippen LogP contribution >= 0.6 is 0 Å². The highest BCUT2D eigenvalue weighted by Crippen LogP contribution is 2.03. The van der Waals surface area contributed by atoms with Gasteiger partial charge in [-0.15, -0.1) is 0 Å². The molecule has 2 unspecified atom stereocenters. The molecule has 0 bridgehead atoms. The first-order chi connectivity index (χ1) is 6.61. The summed E-state index contributed by atoms with van der Waals surface area (Å²) >= 11 is 0. The van der Waals surface area contributed by atoms with Gasteiger partial charge in [-0.05, 0) is 20.3 Å². The van der Waals surface area contributed by atoms with E-state index in [1.807, 2.05) is 6.92 Å². The van der Waals surface area contributed by atoms with Gasteiger partial charge in [0.25, 0.3) is 0 Å². The molecule has 2 N–H and O–H groups in total. The lowest BCUT2D eigenvalue weighted by Gasteiger charge is -2.18. The summed E-state index contributed by atoms with van der Waals surface area (Å²) in [4.78, 5) is 11.2. The van der Waals surface area contributed by atoms with Crippen molar-refractivity contribution in [3.63, 3.8) is 0 Å². The van der Waals surface area contributed by atoms with Crippen molar-refractivity contribution in [3.8, 4) is 0 Å². The highest BCUT2D eigenvalue weighted by molar-refractivity contribution is 5.80. The average Bonchev–Trinajstić information content (AvgIpc) is 2.16. The molecule has 3 heteroatoms. The van der Waals surface area contributed by atoms with Gasteiger partial charge in [0.15, 0.2) is 0 Å². The molecular formula is C11H24N2O. The van der Waals surface area contributed by atoms with Crippen LogP contribution in [-0.2, 0) is 4.79 Å². The Kier molecular flexibility index (Phi) is 7.48. The zero-order valence-electron chi connectivity index (χ0n) is 9.89. The van der Waals surface area contributed by atoms with Gasteiger partial charge in [0.1, 0.15) is 0 Å². The number of likely N-dealkylation sites (N-methyl/N-ethyl adjacent to an activating group) is 1. The number of hydrogen-bond donors (Lipinski definition) is 2. The maximum atomic E-state index is 11.2. The van der Waals surface area contributed by atoms with Crippen molar-refractivity contribution < 1.29 is 4.79 Å². The third kappa shape index (κ3) is 5.97. The van der Waals surface area contributed by atoms with E-state index in [1.54, 1.807) is 7.05 Å². The van der Waals surface area contributed by atoms with Gasteiger partial charge in [-0.25, -0.2) is 0 Å². The van der Waals surface area contributed by atoms with Crippen LogP contribution in [0.4, 0.5) is 0 Å². The van der Waals surface area contributed by atoms with Gasteiger partial charge >= 0.3 is 0 Å². The van der Waals surface area contributed by atoms with E-state index in [0.29, 0.717) is 6.04 Å². The molecule has 0 aromatic carbocycles. The fourth-order valence-electron chi connectivity index (χ4n) is 1.50. The smallest absolute Gasteiger partial charge is 0.236 e. The summed E-state index contributed by atoms with van der Waals surface area (Å²) in [7, 11) is 1.67. The third-order valence-corrected chi connectivity index (χ3v) is 2.41. The molecule has 0 radical (unpaired) electrons. The molecule has 0 saturated carbocycles. The van der Waals surface area contributed by atoms with Crippen LogP contribution in [0.15, 0.2) is 0 Å². The quantitative estimate of drug-likeness (QED) is 0.614. The Labute approximate surface area is 87.6 Å². The van der Waals surface area contributed by atoms with Crippen molar-refractivity contribution >= 4 is 5.91 Å². The van der Waals surface area contributed by atoms with Crippen molar-refractivity contribution in [3.05, 3.63) is 0 Å². The molecular weight excluding hydrogens is 176 g/mol. The van der Waals surface area contributed by atoms with E-state index in [4.69, 9.17) is 0 Å². The Hall–Kier alpha value is -0.570. The second kappa shape index (κ2) is 7.80. The molecule has 84 valence electrons. The predicted molar refractivity (Wildman–Crippen MR) is 60.3 cm³/mol. The van der Waals surface area contributed by atoms with Gasteiger partial charge in [0.05, 0.1) is 6.04 Å². The molecule has 3 nitrogen and oxygen atoms in total. The molecule has 14 heavy (non-hydrogen) atoms. The van der Waals surface area contributed by atoms with E-state index < -0.39 is 0 Å². The third-order valence-electron chi connectivity index (χ3n) is 2.41. The van der Waals surface area contributed by atoms with Crippen molar-refractivity contribution in [1.82, 2.24) is 10.6 Å². The summed E-state index contributed by atoms with van der Waals surface area (Å²) in [5.74, 6) is 0.0624. The predicted octanol–water partition coefficient (Wildman–Crippen LogP) is 1.68. The minimum Gasteiger partial charge on any atom is -0.358 e. The van der Waals surface area contributed by atoms with E-state index in [9.17, 15) is 4.79 Å². The van der Waals surface area contributed by atoms with E-state index in [2.05, 4.69) is 24.5 Å². The Morgan fingerprint density at radius 3 is 2.43 bits per heavy atom. The second-order valence-electron chi connectivity index (χ2n) is 3.90. The van der Waals surface area contributed by atoms with Crippen molar-refractivity contribution in [2.45, 2.75) is 58.5 Å². The van der Waals surface area contributed by atoms with E-state index in [1.165, 1.54) is 19.3 Å². The van der Waals surface area contributed by atoms with Crippen LogP contribution in [0.3, 0.4) is 0 Å². The lowest BCUT2D eigenvalue weighted by Crippen LogP contribution is -2.44. The van der Waals surface area contributed by atoms with Crippen LogP contribution in [0.1, 0.15) is 46.5 Å². The number of rotatable bonds is 7. The fourth-order valence-corrected chi connectivity index (χ4v) is 1.50. The molecule has 0 aromatic heterocycles. The summed E-state index contributed by atoms with van der Waals surface area (Å²) < 4.78 is 0. The number of unbranched alkanes of at least 4 members (excludes halogenated alkanes) is 2. The van der Waals surface area contributed by atoms with Crippen molar-refractivity contribution in [1.29, 1.82) is 0 Å². The summed E-state index contributed by atoms with van der Waals surface area (Å²) in [5.41, 5.74) is 0. The van der Waals surface area contributed by atoms with Crippen LogP contribution < -0.4 is 10.6 Å². The molecule has 1 amide bonds. The summed E-state index contributed by atoms with van der Waals surface area (Å²) in [6.07, 6.45) is 4.92. The van der Waals surface area contributed by atoms with Crippen LogP contribution in [-0.4, -0.2) is 25.0 Å². The second-order valence-corrected chi connectivity index (χ2v) is 3.90. The molecule has 0 aliphatic heterocycles. The first kappa shape index (κ1) is 13.4. The summed E-state index contributed by atoms with van der Waals surface area (Å²) in [5, 5.41) is 5.91. The Balaban J connectivity index is 3.59. The van der Waals surface area contributed by atoms with Crippen molar-refractivity contribution in [2.75, 3.05) is 7.05 Å². The van der Waals surface area contributed by atoms with E-state index in [0.717, 1.165) is 6.42 Å². The van der Waals surface area contributed by atoms with Gasteiger partial charge in [-0.1, -0.05) is 26.2 Å². The van der Waals surface area contributed by atoms with Crippen LogP contribution in [0.2, 0.25) is 0 Å². The van der Waals surface area contributed by atoms with E-state index >= 15 is 0 Å². The van der Waals surface area contributed by atoms with Gasteiger partial charge in [-0.3, -0.25) is 4.79 Å². The van der Waals surface area contributed by atoms with Gasteiger partial charge < -0.3 is 10.6 Å². The molecule has 0 aromatic rings. The number of amides is 1. The van der Waals surface area contributed by atoms with Crippen LogP contribution in [0.5, 0.6) is 0 Å². The Morgan fingerprint density at radius 1 is 1.29 bits per heavy atom. The lowest BCUT2D eigenvalue weighted by molar-refractivity contribution is -0.122. The van der Waals surface area contributed by atoms with E-state index in [-0.39, 0.29) is 11.9 Å². The maximum absolute atomic E-state index is 11.2. The van der Waals surface area contributed by atoms with Crippen molar-refractivity contribution in [2.24, 2.45) is 0 Å². The normalized spacial score (nSPS) is 14.9. The molecule has 2 atom stereocenters. The number of carbonyl (C=O) groups is 1. The SMILES string of the molecule is CCCCCC(C)NC(C)C(=O)NC. The first-order valence-electron chi connectivity index (χ1n) is 5.59. The highest BCUT2D eigenvalue weighted by Gasteiger charge is 2.12. The van der Waals surface area contributed by atoms with Gasteiger partial charge in [-0.2, -0.15) is 0 Å². The molecule has 0 heterocycles.